The summed E-state index contributed by atoms with van der Waals surface area (Å²) >= 11 is 0. The monoisotopic (exact) mass is 538 g/mol. The molecule has 0 bridgehead atoms. The van der Waals surface area contributed by atoms with Crippen molar-refractivity contribution in [1.29, 1.82) is 0 Å². The van der Waals surface area contributed by atoms with E-state index in [4.69, 9.17) is 5.73 Å². The van der Waals surface area contributed by atoms with Crippen LogP contribution in [-0.4, -0.2) is 73.5 Å². The molecule has 11 nitrogen and oxygen atoms in total. The molecule has 1 amide bonds. The Balaban J connectivity index is 0.00000353. The van der Waals surface area contributed by atoms with Gasteiger partial charge in [-0.2, -0.15) is 0 Å². The number of primary amides is 1. The highest BCUT2D eigenvalue weighted by Crippen LogP contribution is 2.52. The van der Waals surface area contributed by atoms with Crippen molar-refractivity contribution >= 4 is 23.2 Å². The lowest BCUT2D eigenvalue weighted by atomic mass is 9.57. The minimum Gasteiger partial charge on any atom is -0.508 e. The van der Waals surface area contributed by atoms with E-state index >= 15 is 0 Å². The number of phenolic OH excluding ortho intramolecular Hbond substituents is 1. The van der Waals surface area contributed by atoms with Gasteiger partial charge in [0.2, 0.25) is 5.78 Å². The van der Waals surface area contributed by atoms with E-state index in [-0.39, 0.29) is 37.2 Å². The molecule has 39 heavy (non-hydrogen) atoms. The van der Waals surface area contributed by atoms with E-state index < -0.39 is 58.0 Å². The summed E-state index contributed by atoms with van der Waals surface area (Å²) in [7, 11) is 3.14. The molecule has 1 heterocycles. The minimum absolute atomic E-state index is 0. The number of carbonyl (C=O) groups excluding carboxylic acids is 3. The number of nitrogens with two attached hydrogens (primary N) is 1. The molecule has 0 saturated heterocycles. The van der Waals surface area contributed by atoms with Crippen LogP contribution in [0.5, 0.6) is 5.75 Å². The molecule has 2 aromatic rings. The van der Waals surface area contributed by atoms with E-state index in [9.17, 15) is 34.8 Å². The molecule has 3 aliphatic rings. The fourth-order valence-electron chi connectivity index (χ4n) is 6.28. The number of benzene rings is 1. The number of aromatic amines is 1. The quantitative estimate of drug-likeness (QED) is 0.265. The number of carbonyl (C=O) groups is 3. The number of hydrogen-bond acceptors (Lipinski definition) is 9. The third kappa shape index (κ3) is 4.13. The topological polar surface area (TPSA) is 189 Å². The molecule has 0 unspecified atom stereocenters. The molecule has 5 rings (SSSR count). The molecule has 8 N–H and O–H groups in total. The Labute approximate surface area is 225 Å². The Morgan fingerprint density at radius 3 is 2.51 bits per heavy atom. The van der Waals surface area contributed by atoms with Gasteiger partial charge in [0, 0.05) is 36.5 Å². The van der Waals surface area contributed by atoms with E-state index in [2.05, 4.69) is 10.3 Å². The number of amides is 1. The number of aliphatic hydroxyl groups excluding tert-OH is 2. The zero-order chi connectivity index (χ0) is 27.5. The van der Waals surface area contributed by atoms with Crippen molar-refractivity contribution in [3.8, 4) is 5.75 Å². The number of phenols is 1. The van der Waals surface area contributed by atoms with Crippen LogP contribution in [0.3, 0.4) is 0 Å². The number of nitrogens with one attached hydrogen (secondary N) is 2. The van der Waals surface area contributed by atoms with E-state index in [1.54, 1.807) is 20.2 Å². The average molecular weight is 539 g/mol. The van der Waals surface area contributed by atoms with Gasteiger partial charge in [-0.05, 0) is 62.2 Å². The van der Waals surface area contributed by atoms with Gasteiger partial charge in [0.15, 0.2) is 11.4 Å². The van der Waals surface area contributed by atoms with Crippen LogP contribution in [-0.2, 0) is 33.9 Å². The van der Waals surface area contributed by atoms with Crippen molar-refractivity contribution in [1.82, 2.24) is 15.2 Å². The van der Waals surface area contributed by atoms with Crippen LogP contribution in [0.1, 0.15) is 36.2 Å². The zero-order valence-electron chi connectivity index (χ0n) is 21.0. The Morgan fingerprint density at radius 2 is 1.90 bits per heavy atom. The SMILES string of the molecule is C.CN(C)[C@@H]1C(=O)C(C(N)=O)=C(O)[C@@]2(O)C(=O)C3=C(O)c4c(O)ccc(CNCc5ccc[nH]5)c4C[C@H]3C[C@@H]12. The smallest absolute Gasteiger partial charge is 0.255 e. The Morgan fingerprint density at radius 1 is 1.18 bits per heavy atom. The second-order valence-electron chi connectivity index (χ2n) is 10.4. The number of fused-ring (bicyclic) bond motifs is 3. The number of aliphatic hydroxyl groups is 3. The number of hydrogen-bond donors (Lipinski definition) is 7. The van der Waals surface area contributed by atoms with Gasteiger partial charge in [0.25, 0.3) is 5.91 Å². The van der Waals surface area contributed by atoms with Gasteiger partial charge < -0.3 is 36.5 Å². The molecule has 1 fully saturated rings. The first-order chi connectivity index (χ1) is 18.0. The van der Waals surface area contributed by atoms with Crippen molar-refractivity contribution in [3.05, 3.63) is 69.8 Å². The third-order valence-corrected chi connectivity index (χ3v) is 7.99. The Hall–Kier alpha value is -3.93. The normalized spacial score (nSPS) is 26.2. The van der Waals surface area contributed by atoms with Gasteiger partial charge >= 0.3 is 0 Å². The number of rotatable bonds is 6. The fraction of sp³-hybridized carbons (Fsp3) is 0.393. The lowest BCUT2D eigenvalue weighted by molar-refractivity contribution is -0.153. The number of Topliss-reactive ketones (excluding diaryl/α,β-unsaturated/α-hetero) is 2. The predicted molar refractivity (Wildman–Crippen MR) is 142 cm³/mol. The summed E-state index contributed by atoms with van der Waals surface area (Å²) in [6, 6.07) is 5.89. The number of likely N-dealkylation sites (N-methyl/N-ethyl adjacent to an activating group) is 1. The van der Waals surface area contributed by atoms with Gasteiger partial charge in [-0.25, -0.2) is 0 Å². The molecule has 0 spiro atoms. The minimum atomic E-state index is -2.64. The van der Waals surface area contributed by atoms with E-state index in [1.807, 2.05) is 18.3 Å². The average Bonchev–Trinajstić information content (AvgIpc) is 3.36. The number of aromatic nitrogens is 1. The van der Waals surface area contributed by atoms with Crippen molar-refractivity contribution in [2.24, 2.45) is 17.6 Å². The van der Waals surface area contributed by atoms with Crippen LogP contribution in [0.2, 0.25) is 0 Å². The Kier molecular flexibility index (Phi) is 7.20. The molecule has 1 aromatic carbocycles. The van der Waals surface area contributed by atoms with E-state index in [1.165, 1.54) is 11.0 Å². The highest BCUT2D eigenvalue weighted by Gasteiger charge is 2.64. The predicted octanol–water partition coefficient (Wildman–Crippen LogP) is 1.22. The highest BCUT2D eigenvalue weighted by atomic mass is 16.3. The summed E-state index contributed by atoms with van der Waals surface area (Å²) < 4.78 is 0. The number of ketones is 2. The van der Waals surface area contributed by atoms with Crippen LogP contribution in [0.4, 0.5) is 0 Å². The molecule has 208 valence electrons. The molecule has 1 saturated carbocycles. The largest absolute Gasteiger partial charge is 0.508 e. The second-order valence-corrected chi connectivity index (χ2v) is 10.4. The van der Waals surface area contributed by atoms with E-state index in [0.717, 1.165) is 11.3 Å². The molecular weight excluding hydrogens is 504 g/mol. The van der Waals surface area contributed by atoms with Crippen molar-refractivity contribution in [2.45, 2.75) is 45.0 Å². The first-order valence-electron chi connectivity index (χ1n) is 12.3. The maximum Gasteiger partial charge on any atom is 0.255 e. The summed E-state index contributed by atoms with van der Waals surface area (Å²) in [5.41, 5.74) is 4.24. The zero-order valence-corrected chi connectivity index (χ0v) is 21.0. The highest BCUT2D eigenvalue weighted by molar-refractivity contribution is 6.24. The second kappa shape index (κ2) is 9.99. The lowest BCUT2D eigenvalue weighted by Crippen LogP contribution is -2.65. The fourth-order valence-corrected chi connectivity index (χ4v) is 6.28. The first kappa shape index (κ1) is 28.1. The maximum absolute atomic E-state index is 13.8. The molecule has 3 aliphatic carbocycles. The molecule has 4 atom stereocenters. The van der Waals surface area contributed by atoms with Crippen LogP contribution in [0.15, 0.2) is 47.4 Å². The molecule has 11 heteroatoms. The van der Waals surface area contributed by atoms with Crippen molar-refractivity contribution in [2.75, 3.05) is 14.1 Å². The summed E-state index contributed by atoms with van der Waals surface area (Å²) in [4.78, 5) is 43.7. The van der Waals surface area contributed by atoms with Crippen LogP contribution in [0, 0.1) is 11.8 Å². The molecule has 0 radical (unpaired) electrons. The third-order valence-electron chi connectivity index (χ3n) is 7.99. The van der Waals surface area contributed by atoms with Gasteiger partial charge in [0.05, 0.1) is 11.6 Å². The summed E-state index contributed by atoms with van der Waals surface area (Å²) in [6.07, 6.45) is 2.13. The van der Waals surface area contributed by atoms with Gasteiger partial charge in [-0.3, -0.25) is 19.3 Å². The molecule has 1 aromatic heterocycles. The number of nitrogens with zero attached hydrogens (tertiary/aromatic N) is 1. The maximum atomic E-state index is 13.8. The van der Waals surface area contributed by atoms with Gasteiger partial charge in [0.1, 0.15) is 22.8 Å². The van der Waals surface area contributed by atoms with Gasteiger partial charge in [-0.1, -0.05) is 13.5 Å². The van der Waals surface area contributed by atoms with Crippen molar-refractivity contribution < 1.29 is 34.8 Å². The first-order valence-corrected chi connectivity index (χ1v) is 12.3. The summed E-state index contributed by atoms with van der Waals surface area (Å²) in [6.45, 7) is 0.982. The number of H-pyrrole nitrogens is 1. The standard InChI is InChI=1S/C27H30N4O7.CH4/c1-31(2)21-16-9-13-8-15-12(10-29-11-14-4-3-7-30-14)5-6-17(32)19(15)22(33)18(13)24(35)27(16,38)25(36)20(23(21)34)26(28)37;/h3-7,13,16,21,29-30,32-33,36,38H,8-11H2,1-2H3,(H2,28,37);1H4/t13-,16-,21-,27-;/m0./s1. The lowest BCUT2D eigenvalue weighted by Gasteiger charge is -2.50. The van der Waals surface area contributed by atoms with Crippen LogP contribution in [0.25, 0.3) is 5.76 Å². The van der Waals surface area contributed by atoms with E-state index in [0.29, 0.717) is 18.7 Å². The summed E-state index contributed by atoms with van der Waals surface area (Å²) in [5, 5.41) is 47.8. The molecule has 0 aliphatic heterocycles. The molecular formula is C28H34N4O7. The van der Waals surface area contributed by atoms with Crippen LogP contribution >= 0.6 is 0 Å². The summed E-state index contributed by atoms with van der Waals surface area (Å²) in [5.74, 6) is -6.60. The van der Waals surface area contributed by atoms with Gasteiger partial charge in [-0.15, -0.1) is 0 Å². The number of aromatic hydroxyl groups is 1. The Bertz CT molecular complexity index is 1410. The van der Waals surface area contributed by atoms with Crippen molar-refractivity contribution in [3.63, 3.8) is 0 Å². The van der Waals surface area contributed by atoms with Crippen LogP contribution < -0.4 is 11.1 Å².